The maximum absolute atomic E-state index is 4.72. The van der Waals surface area contributed by atoms with Gasteiger partial charge in [0.1, 0.15) is 0 Å². The number of allylic oxidation sites excluding steroid dienone is 4. The molecule has 43 heavy (non-hydrogen) atoms. The Hall–Kier alpha value is -1.97. The Labute approximate surface area is 268 Å². The van der Waals surface area contributed by atoms with Gasteiger partial charge in [-0.15, -0.1) is 6.58 Å². The van der Waals surface area contributed by atoms with E-state index in [1.165, 1.54) is 40.2 Å². The van der Waals surface area contributed by atoms with Crippen molar-refractivity contribution in [2.24, 2.45) is 29.1 Å². The SMILES string of the molecule is C=C(C)CCc1ccc(NC(=C)CNCCC(C(C)C)S2(C(C(=C)C)C(C)(C)C3C(=C)CC(C)/C3=C\C)CC(C)C2)cc1. The highest BCUT2D eigenvalue weighted by molar-refractivity contribution is 8.35. The van der Waals surface area contributed by atoms with Crippen molar-refractivity contribution < 1.29 is 0 Å². The summed E-state index contributed by atoms with van der Waals surface area (Å²) in [5.74, 6) is 5.28. The van der Waals surface area contributed by atoms with Crippen molar-refractivity contribution >= 4 is 15.7 Å². The molecule has 4 unspecified atom stereocenters. The number of anilines is 1. The van der Waals surface area contributed by atoms with Crippen molar-refractivity contribution in [2.45, 2.75) is 98.5 Å². The molecule has 2 nitrogen and oxygen atoms in total. The average Bonchev–Trinajstić information content (AvgIpc) is 3.19. The van der Waals surface area contributed by atoms with Gasteiger partial charge >= 0.3 is 0 Å². The molecule has 240 valence electrons. The first-order valence-electron chi connectivity index (χ1n) is 16.8. The molecular weight excluding hydrogens is 541 g/mol. The van der Waals surface area contributed by atoms with Crippen LogP contribution in [0.3, 0.4) is 0 Å². The lowest BCUT2D eigenvalue weighted by molar-refractivity contribution is 0.286. The molecule has 4 atom stereocenters. The van der Waals surface area contributed by atoms with Crippen molar-refractivity contribution in [3.63, 3.8) is 0 Å². The predicted molar refractivity (Wildman–Crippen MR) is 197 cm³/mol. The molecule has 1 heterocycles. The Morgan fingerprint density at radius 3 is 2.21 bits per heavy atom. The van der Waals surface area contributed by atoms with Gasteiger partial charge in [-0.2, -0.15) is 0 Å². The van der Waals surface area contributed by atoms with Crippen molar-refractivity contribution in [1.82, 2.24) is 5.32 Å². The molecule has 1 aromatic rings. The van der Waals surface area contributed by atoms with E-state index in [1.54, 1.807) is 5.57 Å². The van der Waals surface area contributed by atoms with E-state index in [1.807, 2.05) is 0 Å². The minimum Gasteiger partial charge on any atom is -0.358 e. The van der Waals surface area contributed by atoms with Crippen LogP contribution in [0.25, 0.3) is 0 Å². The molecule has 0 bridgehead atoms. The third-order valence-corrected chi connectivity index (χ3v) is 16.5. The van der Waals surface area contributed by atoms with E-state index in [4.69, 9.17) is 6.58 Å². The summed E-state index contributed by atoms with van der Waals surface area (Å²) >= 11 is 0. The molecule has 1 aliphatic carbocycles. The smallest absolute Gasteiger partial charge is 0.0382 e. The van der Waals surface area contributed by atoms with Crippen LogP contribution in [-0.2, 0) is 6.42 Å². The first-order valence-corrected chi connectivity index (χ1v) is 18.9. The van der Waals surface area contributed by atoms with Gasteiger partial charge in [-0.05, 0) is 111 Å². The lowest BCUT2D eigenvalue weighted by Gasteiger charge is -2.67. The maximum atomic E-state index is 4.72. The van der Waals surface area contributed by atoms with E-state index in [9.17, 15) is 0 Å². The molecule has 1 aliphatic heterocycles. The van der Waals surface area contributed by atoms with E-state index >= 15 is 0 Å². The summed E-state index contributed by atoms with van der Waals surface area (Å²) in [6.07, 6.45) is 6.83. The van der Waals surface area contributed by atoms with Crippen LogP contribution in [0.2, 0.25) is 0 Å². The third kappa shape index (κ3) is 8.20. The van der Waals surface area contributed by atoms with Crippen LogP contribution in [0, 0.1) is 29.1 Å². The number of nitrogens with one attached hydrogen (secondary N) is 2. The first kappa shape index (κ1) is 35.5. The summed E-state index contributed by atoms with van der Waals surface area (Å²) in [5.41, 5.74) is 9.27. The Bertz CT molecular complexity index is 1180. The number of benzene rings is 1. The normalized spacial score (nSPS) is 27.8. The zero-order valence-electron chi connectivity index (χ0n) is 29.2. The van der Waals surface area contributed by atoms with Gasteiger partial charge in [0.15, 0.2) is 0 Å². The molecule has 2 aliphatic rings. The van der Waals surface area contributed by atoms with Crippen LogP contribution >= 0.6 is 10.0 Å². The Morgan fingerprint density at radius 2 is 1.70 bits per heavy atom. The molecule has 2 N–H and O–H groups in total. The fourth-order valence-corrected chi connectivity index (χ4v) is 16.0. The van der Waals surface area contributed by atoms with Crippen LogP contribution in [0.4, 0.5) is 5.69 Å². The molecule has 0 radical (unpaired) electrons. The second-order valence-electron chi connectivity index (χ2n) is 15.1. The highest BCUT2D eigenvalue weighted by Gasteiger charge is 2.56. The van der Waals surface area contributed by atoms with Crippen molar-refractivity contribution in [3.05, 3.63) is 90.2 Å². The lowest BCUT2D eigenvalue weighted by atomic mass is 9.70. The standard InChI is InChI=1S/C40H64N2S/c1-14-36-31(9)23-32(10)38(36)40(12,13)39(29(6)7)43(25-30(8)26-43)37(28(4)5)21-22-41-24-33(11)42-35-19-17-34(18-20-35)16-15-27(2)3/h14,17-20,28,30-31,37-39,41-42H,2,6,10-11,15-16,21-26H2,1,3-5,7-9,12-13H3/b36-14+. The van der Waals surface area contributed by atoms with Gasteiger partial charge in [0.05, 0.1) is 0 Å². The highest BCUT2D eigenvalue weighted by Crippen LogP contribution is 2.74. The van der Waals surface area contributed by atoms with Gasteiger partial charge in [0.2, 0.25) is 0 Å². The molecule has 2 fully saturated rings. The van der Waals surface area contributed by atoms with E-state index in [0.717, 1.165) is 49.7 Å². The first-order chi connectivity index (χ1) is 20.1. The number of rotatable bonds is 16. The minimum absolute atomic E-state index is 0.115. The molecule has 3 rings (SSSR count). The fraction of sp³-hybridized carbons (Fsp3) is 0.600. The second kappa shape index (κ2) is 14.9. The van der Waals surface area contributed by atoms with Crippen molar-refractivity contribution in [1.29, 1.82) is 0 Å². The van der Waals surface area contributed by atoms with Gasteiger partial charge < -0.3 is 10.6 Å². The topological polar surface area (TPSA) is 24.1 Å². The fourth-order valence-electron chi connectivity index (χ4n) is 8.93. The van der Waals surface area contributed by atoms with Gasteiger partial charge in [-0.25, -0.2) is 10.0 Å². The summed E-state index contributed by atoms with van der Waals surface area (Å²) in [5, 5.41) is 8.52. The molecular formula is C40H64N2S. The van der Waals surface area contributed by atoms with Crippen LogP contribution in [0.15, 0.2) is 84.6 Å². The average molecular weight is 605 g/mol. The molecule has 0 amide bonds. The molecule has 0 spiro atoms. The van der Waals surface area contributed by atoms with E-state index in [-0.39, 0.29) is 5.41 Å². The van der Waals surface area contributed by atoms with Crippen LogP contribution in [0.5, 0.6) is 0 Å². The summed E-state index contributed by atoms with van der Waals surface area (Å²) in [4.78, 5) is 0. The van der Waals surface area contributed by atoms with E-state index in [0.29, 0.717) is 28.3 Å². The van der Waals surface area contributed by atoms with Gasteiger partial charge in [0.25, 0.3) is 0 Å². The number of aryl methyl sites for hydroxylation is 1. The molecule has 1 saturated heterocycles. The number of hydrogen-bond acceptors (Lipinski definition) is 2. The van der Waals surface area contributed by atoms with Crippen molar-refractivity contribution in [2.75, 3.05) is 29.9 Å². The minimum atomic E-state index is -0.908. The van der Waals surface area contributed by atoms with E-state index < -0.39 is 10.0 Å². The monoisotopic (exact) mass is 604 g/mol. The number of hydrogen-bond donors (Lipinski definition) is 2. The van der Waals surface area contributed by atoms with Gasteiger partial charge in [-0.3, -0.25) is 0 Å². The predicted octanol–water partition coefficient (Wildman–Crippen LogP) is 10.7. The highest BCUT2D eigenvalue weighted by atomic mass is 32.3. The molecule has 0 aromatic heterocycles. The van der Waals surface area contributed by atoms with Crippen LogP contribution in [0.1, 0.15) is 87.1 Å². The Morgan fingerprint density at radius 1 is 1.07 bits per heavy atom. The van der Waals surface area contributed by atoms with Crippen LogP contribution in [-0.4, -0.2) is 35.1 Å². The Balaban J connectivity index is 1.70. The Kier molecular flexibility index (Phi) is 12.3. The van der Waals surface area contributed by atoms with Crippen molar-refractivity contribution in [3.8, 4) is 0 Å². The molecule has 3 heteroatoms. The van der Waals surface area contributed by atoms with E-state index in [2.05, 4.69) is 123 Å². The molecule has 1 saturated carbocycles. The summed E-state index contributed by atoms with van der Waals surface area (Å²) in [6.45, 7) is 41.1. The second-order valence-corrected chi connectivity index (χ2v) is 18.9. The largest absolute Gasteiger partial charge is 0.358 e. The maximum Gasteiger partial charge on any atom is 0.0382 e. The summed E-state index contributed by atoms with van der Waals surface area (Å²) in [7, 11) is -0.908. The van der Waals surface area contributed by atoms with Gasteiger partial charge in [0, 0.05) is 29.1 Å². The zero-order chi connectivity index (χ0) is 32.1. The summed E-state index contributed by atoms with van der Waals surface area (Å²) < 4.78 is 0. The third-order valence-electron chi connectivity index (χ3n) is 10.1. The lowest BCUT2D eigenvalue weighted by Crippen LogP contribution is -2.54. The molecule has 1 aromatic carbocycles. The zero-order valence-corrected chi connectivity index (χ0v) is 30.1. The van der Waals surface area contributed by atoms with Gasteiger partial charge in [-0.1, -0.05) is 102 Å². The quantitative estimate of drug-likeness (QED) is 0.145. The van der Waals surface area contributed by atoms with Crippen LogP contribution < -0.4 is 10.6 Å². The summed E-state index contributed by atoms with van der Waals surface area (Å²) in [6, 6.07) is 8.75.